The maximum absolute atomic E-state index is 13.9. The summed E-state index contributed by atoms with van der Waals surface area (Å²) in [5.41, 5.74) is 10.4. The van der Waals surface area contributed by atoms with Crippen LogP contribution in [0.5, 0.6) is 0 Å². The molecule has 2 atom stereocenters. The summed E-state index contributed by atoms with van der Waals surface area (Å²) in [6.45, 7) is 4.45. The molecule has 4 N–H and O–H groups in total. The van der Waals surface area contributed by atoms with Gasteiger partial charge in [-0.3, -0.25) is 44.6 Å². The Kier molecular flexibility index (Phi) is 9.12. The fourth-order valence-corrected chi connectivity index (χ4v) is 7.71. The van der Waals surface area contributed by atoms with Crippen LogP contribution in [0.1, 0.15) is 69.4 Å². The first-order valence-corrected chi connectivity index (χ1v) is 17.9. The van der Waals surface area contributed by atoms with Crippen LogP contribution >= 0.6 is 0 Å². The summed E-state index contributed by atoms with van der Waals surface area (Å²) in [6.07, 6.45) is 7.52. The van der Waals surface area contributed by atoms with Crippen molar-refractivity contribution >= 4 is 41.4 Å². The lowest BCUT2D eigenvalue weighted by Gasteiger charge is -2.35. The third-order valence-electron chi connectivity index (χ3n) is 10.4. The summed E-state index contributed by atoms with van der Waals surface area (Å²) in [7, 11) is 0. The number of imidazole rings is 1. The van der Waals surface area contributed by atoms with Crippen LogP contribution in [0.3, 0.4) is 0 Å². The molecule has 1 unspecified atom stereocenters. The van der Waals surface area contributed by atoms with Crippen LogP contribution in [0.25, 0.3) is 17.5 Å². The number of nitrogens with two attached hydrogens (primary N) is 1. The summed E-state index contributed by atoms with van der Waals surface area (Å²) in [5.74, 6) is -0.168. The van der Waals surface area contributed by atoms with Crippen molar-refractivity contribution in [2.45, 2.75) is 44.3 Å². The summed E-state index contributed by atoms with van der Waals surface area (Å²) >= 11 is 0. The van der Waals surface area contributed by atoms with Crippen molar-refractivity contribution in [1.82, 2.24) is 30.1 Å². The molecule has 53 heavy (non-hydrogen) atoms. The van der Waals surface area contributed by atoms with Gasteiger partial charge in [-0.05, 0) is 72.9 Å². The molecule has 0 bridgehead atoms. The number of nitrogens with zero attached hydrogens (tertiary/aromatic N) is 6. The second-order valence-corrected chi connectivity index (χ2v) is 13.8. The van der Waals surface area contributed by atoms with Crippen molar-refractivity contribution in [1.29, 1.82) is 0 Å². The molecular weight excluding hydrogens is 677 g/mol. The van der Waals surface area contributed by atoms with Crippen LogP contribution in [0, 0.1) is 5.82 Å². The van der Waals surface area contributed by atoms with E-state index in [2.05, 4.69) is 29.7 Å². The lowest BCUT2D eigenvalue weighted by Crippen LogP contribution is -2.54. The number of amidine groups is 1. The molecule has 3 fully saturated rings. The van der Waals surface area contributed by atoms with Gasteiger partial charge >= 0.3 is 0 Å². The van der Waals surface area contributed by atoms with Gasteiger partial charge in [0, 0.05) is 45.2 Å². The molecule has 4 aromatic rings. The number of imide groups is 2. The van der Waals surface area contributed by atoms with Crippen molar-refractivity contribution < 1.29 is 28.1 Å². The van der Waals surface area contributed by atoms with Crippen LogP contribution in [0.2, 0.25) is 0 Å². The molecule has 270 valence electrons. The highest BCUT2D eigenvalue weighted by atomic mass is 19.1. The van der Waals surface area contributed by atoms with Crippen molar-refractivity contribution in [3.05, 3.63) is 107 Å². The van der Waals surface area contributed by atoms with E-state index in [4.69, 9.17) is 10.7 Å². The molecule has 14 heteroatoms. The molecule has 0 radical (unpaired) electrons. The number of rotatable bonds is 8. The average Bonchev–Trinajstić information content (AvgIpc) is 3.91. The van der Waals surface area contributed by atoms with E-state index in [1.807, 2.05) is 42.5 Å². The standard InChI is InChI=1S/C39H38FN9O4/c40-26-5-1-4-25(21-26)31-7-3-15-48(31)33(41)12-13-34-42-22-30(43-34)29-6-2-8-35(44-29)47-18-16-46(17-19-47)23-24-9-10-27-28(20-24)39(53)49(38(27)52)32-11-14-36(50)45-37(32)51/h1-2,4-6,8-10,12-13,20-22,31-32H,3,7,11,14-19,23H2,(H3,41,42,43,44,45,50,51)/p+1/t31-,32?/m1/s1. The minimum absolute atomic E-state index is 0.0351. The third kappa shape index (κ3) is 6.85. The molecule has 4 aliphatic rings. The van der Waals surface area contributed by atoms with Crippen molar-refractivity contribution in [2.75, 3.05) is 37.6 Å². The lowest BCUT2D eigenvalue weighted by molar-refractivity contribution is -0.550. The van der Waals surface area contributed by atoms with Crippen LogP contribution in [-0.2, 0) is 16.1 Å². The number of piperazine rings is 1. The molecule has 6 heterocycles. The van der Waals surface area contributed by atoms with Gasteiger partial charge in [0.25, 0.3) is 17.6 Å². The Labute approximate surface area is 305 Å². The van der Waals surface area contributed by atoms with Gasteiger partial charge < -0.3 is 9.88 Å². The topological polar surface area (TPSA) is 161 Å². The normalized spacial score (nSPS) is 21.8. The number of piperidine rings is 1. The average molecular weight is 717 g/mol. The first-order chi connectivity index (χ1) is 25.7. The lowest BCUT2D eigenvalue weighted by atomic mass is 10.0. The van der Waals surface area contributed by atoms with Gasteiger partial charge in [0.1, 0.15) is 29.5 Å². The number of aromatic nitrogens is 3. The number of hydrogen-bond acceptors (Lipinski definition) is 8. The molecule has 2 aromatic carbocycles. The quantitative estimate of drug-likeness (QED) is 0.141. The number of H-pyrrole nitrogens is 1. The number of hydrogen-bond donors (Lipinski definition) is 3. The van der Waals surface area contributed by atoms with Crippen LogP contribution in [0.15, 0.2) is 72.9 Å². The van der Waals surface area contributed by atoms with Crippen LogP contribution in [-0.4, -0.2) is 97.6 Å². The zero-order chi connectivity index (χ0) is 36.6. The summed E-state index contributed by atoms with van der Waals surface area (Å²) in [4.78, 5) is 68.6. The zero-order valence-corrected chi connectivity index (χ0v) is 29.0. The monoisotopic (exact) mass is 716 g/mol. The Balaban J connectivity index is 0.881. The molecule has 8 rings (SSSR count). The van der Waals surface area contributed by atoms with Gasteiger partial charge in [-0.25, -0.2) is 14.4 Å². The number of nitrogens with one attached hydrogen (secondary N) is 2. The van der Waals surface area contributed by atoms with E-state index in [0.29, 0.717) is 18.2 Å². The third-order valence-corrected chi connectivity index (χ3v) is 10.4. The van der Waals surface area contributed by atoms with E-state index in [9.17, 15) is 23.6 Å². The Morgan fingerprint density at radius 2 is 1.77 bits per heavy atom. The smallest absolute Gasteiger partial charge is 0.268 e. The number of carbonyl (C=O) groups excluding carboxylic acids is 4. The highest BCUT2D eigenvalue weighted by Gasteiger charge is 2.44. The van der Waals surface area contributed by atoms with E-state index in [1.54, 1.807) is 30.5 Å². The second-order valence-electron chi connectivity index (χ2n) is 13.8. The van der Waals surface area contributed by atoms with E-state index in [0.717, 1.165) is 78.8 Å². The maximum Gasteiger partial charge on any atom is 0.268 e. The van der Waals surface area contributed by atoms with Gasteiger partial charge in [-0.1, -0.05) is 24.3 Å². The predicted octanol–water partition coefficient (Wildman–Crippen LogP) is 3.25. The highest BCUT2D eigenvalue weighted by Crippen LogP contribution is 2.30. The Morgan fingerprint density at radius 3 is 2.58 bits per heavy atom. The summed E-state index contributed by atoms with van der Waals surface area (Å²) < 4.78 is 16.0. The minimum atomic E-state index is -0.984. The molecular formula is C39H39FN9O4+. The van der Waals surface area contributed by atoms with Gasteiger partial charge in [0.15, 0.2) is 0 Å². The summed E-state index contributed by atoms with van der Waals surface area (Å²) in [5, 5.41) is 2.23. The number of anilines is 1. The summed E-state index contributed by atoms with van der Waals surface area (Å²) in [6, 6.07) is 16.9. The maximum atomic E-state index is 13.9. The molecule has 13 nitrogen and oxygen atoms in total. The molecule has 4 aliphatic heterocycles. The first-order valence-electron chi connectivity index (χ1n) is 17.9. The molecule has 2 aromatic heterocycles. The Bertz CT molecular complexity index is 2190. The first kappa shape index (κ1) is 34.1. The number of pyridine rings is 1. The highest BCUT2D eigenvalue weighted by molar-refractivity contribution is 6.23. The Hall–Kier alpha value is -6.02. The molecule has 0 saturated carbocycles. The van der Waals surface area contributed by atoms with E-state index in [-0.39, 0.29) is 35.8 Å². The number of benzene rings is 2. The van der Waals surface area contributed by atoms with Gasteiger partial charge in [0.2, 0.25) is 11.8 Å². The van der Waals surface area contributed by atoms with Crippen molar-refractivity contribution in [3.63, 3.8) is 0 Å². The number of fused-ring (bicyclic) bond motifs is 1. The molecule has 0 spiro atoms. The minimum Gasteiger partial charge on any atom is -0.354 e. The zero-order valence-electron chi connectivity index (χ0n) is 29.0. The molecule has 4 amide bonds. The largest absolute Gasteiger partial charge is 0.354 e. The van der Waals surface area contributed by atoms with Gasteiger partial charge in [-0.2, -0.15) is 0 Å². The van der Waals surface area contributed by atoms with Crippen molar-refractivity contribution in [3.8, 4) is 11.4 Å². The number of halogens is 1. The number of carbonyl (C=O) groups is 4. The second kappa shape index (κ2) is 14.2. The van der Waals surface area contributed by atoms with Gasteiger partial charge in [0.05, 0.1) is 35.3 Å². The molecule has 3 saturated heterocycles. The fraction of sp³-hybridized carbons (Fsp3) is 0.308. The number of aromatic amines is 1. The predicted molar refractivity (Wildman–Crippen MR) is 194 cm³/mol. The van der Waals surface area contributed by atoms with Gasteiger partial charge in [-0.15, -0.1) is 0 Å². The van der Waals surface area contributed by atoms with E-state index < -0.39 is 29.7 Å². The molecule has 0 aliphatic carbocycles. The van der Waals surface area contributed by atoms with Crippen LogP contribution in [0.4, 0.5) is 10.2 Å². The fourth-order valence-electron chi connectivity index (χ4n) is 7.71. The van der Waals surface area contributed by atoms with E-state index >= 15 is 0 Å². The Morgan fingerprint density at radius 1 is 0.962 bits per heavy atom. The van der Waals surface area contributed by atoms with Crippen LogP contribution < -0.4 is 16.0 Å². The van der Waals surface area contributed by atoms with Crippen molar-refractivity contribution in [2.24, 2.45) is 5.73 Å². The number of amides is 4. The van der Waals surface area contributed by atoms with E-state index in [1.165, 1.54) is 6.07 Å². The SMILES string of the molecule is NC(/C=C\c1ncc(-c2cccc(N3CCN(Cc4ccc5c(c4)C(=O)N(C4CCC(=O)NC4=O)C5=O)CC3)n2)[nH]1)=[N+]1CCC[C@@H]1c1cccc(F)c1.